The Morgan fingerprint density at radius 1 is 1.12 bits per heavy atom. The van der Waals surface area contributed by atoms with Gasteiger partial charge in [-0.2, -0.15) is 0 Å². The van der Waals surface area contributed by atoms with Crippen LogP contribution in [0.1, 0.15) is 30.6 Å². The molecule has 2 fully saturated rings. The number of likely N-dealkylation sites (tertiary alicyclic amines) is 1. The number of carbonyl (C=O) groups is 2. The molecular formula is C20H28N2O4. The van der Waals surface area contributed by atoms with Gasteiger partial charge in [0.05, 0.1) is 24.5 Å². The maximum atomic E-state index is 12.6. The molecule has 142 valence electrons. The van der Waals surface area contributed by atoms with Crippen LogP contribution in [0.4, 0.5) is 5.69 Å². The maximum Gasteiger partial charge on any atom is 0.340 e. The molecule has 0 unspecified atom stereocenters. The van der Waals surface area contributed by atoms with E-state index in [0.717, 1.165) is 38.3 Å². The number of amides is 1. The quantitative estimate of drug-likeness (QED) is 0.771. The molecule has 0 N–H and O–H groups in total. The second kappa shape index (κ2) is 8.54. The summed E-state index contributed by atoms with van der Waals surface area (Å²) in [7, 11) is 0. The van der Waals surface area contributed by atoms with Crippen LogP contribution in [0.15, 0.2) is 24.3 Å². The van der Waals surface area contributed by atoms with Crippen LogP contribution in [0, 0.1) is 11.8 Å². The molecule has 0 radical (unpaired) electrons. The van der Waals surface area contributed by atoms with Gasteiger partial charge in [0.1, 0.15) is 0 Å². The molecular weight excluding hydrogens is 332 g/mol. The van der Waals surface area contributed by atoms with Gasteiger partial charge in [-0.25, -0.2) is 4.79 Å². The lowest BCUT2D eigenvalue weighted by molar-refractivity contribution is -0.137. The third-order valence-corrected chi connectivity index (χ3v) is 5.02. The van der Waals surface area contributed by atoms with Crippen LogP contribution in [-0.4, -0.2) is 62.8 Å². The summed E-state index contributed by atoms with van der Waals surface area (Å²) in [4.78, 5) is 28.9. The highest BCUT2D eigenvalue weighted by Crippen LogP contribution is 2.23. The largest absolute Gasteiger partial charge is 0.452 e. The molecule has 2 aliphatic rings. The number of carbonyl (C=O) groups excluding carboxylic acids is 2. The van der Waals surface area contributed by atoms with Gasteiger partial charge in [0.15, 0.2) is 6.61 Å². The van der Waals surface area contributed by atoms with Crippen molar-refractivity contribution in [3.63, 3.8) is 0 Å². The highest BCUT2D eigenvalue weighted by molar-refractivity contribution is 5.97. The molecule has 0 aromatic heterocycles. The van der Waals surface area contributed by atoms with E-state index in [2.05, 4.69) is 18.7 Å². The zero-order valence-corrected chi connectivity index (χ0v) is 15.6. The van der Waals surface area contributed by atoms with Crippen molar-refractivity contribution in [1.82, 2.24) is 4.90 Å². The Labute approximate surface area is 155 Å². The lowest BCUT2D eigenvalue weighted by Crippen LogP contribution is -2.44. The molecule has 0 saturated carbocycles. The first kappa shape index (κ1) is 18.7. The Bertz CT molecular complexity index is 632. The van der Waals surface area contributed by atoms with Crippen LogP contribution in [0.25, 0.3) is 0 Å². The lowest BCUT2D eigenvalue weighted by atomic mass is 9.92. The van der Waals surface area contributed by atoms with Crippen molar-refractivity contribution in [1.29, 1.82) is 0 Å². The standard InChI is InChI=1S/C20H28N2O4/c1-15-11-16(2)13-22(12-15)19(23)14-26-20(24)17-5-3-4-6-18(17)21-7-9-25-10-8-21/h3-6,15-16H,7-14H2,1-2H3/t15-,16-/m0/s1. The van der Waals surface area contributed by atoms with E-state index in [9.17, 15) is 9.59 Å². The van der Waals surface area contributed by atoms with E-state index in [-0.39, 0.29) is 12.5 Å². The molecule has 26 heavy (non-hydrogen) atoms. The van der Waals surface area contributed by atoms with Gasteiger partial charge in [-0.15, -0.1) is 0 Å². The predicted octanol–water partition coefficient (Wildman–Crippen LogP) is 2.18. The van der Waals surface area contributed by atoms with E-state index in [1.165, 1.54) is 0 Å². The average molecular weight is 360 g/mol. The SMILES string of the molecule is C[C@H]1C[C@H](C)CN(C(=O)COC(=O)c2ccccc2N2CCOCC2)C1. The molecule has 2 saturated heterocycles. The number of anilines is 1. The van der Waals surface area contributed by atoms with Gasteiger partial charge in [0.25, 0.3) is 5.91 Å². The normalized spacial score (nSPS) is 23.6. The fourth-order valence-corrected chi connectivity index (χ4v) is 3.89. The van der Waals surface area contributed by atoms with E-state index >= 15 is 0 Å². The van der Waals surface area contributed by atoms with Gasteiger partial charge in [-0.05, 0) is 30.4 Å². The van der Waals surface area contributed by atoms with Crippen LogP contribution < -0.4 is 4.90 Å². The molecule has 6 heteroatoms. The zero-order chi connectivity index (χ0) is 18.5. The summed E-state index contributed by atoms with van der Waals surface area (Å²) >= 11 is 0. The molecule has 0 bridgehead atoms. The number of piperidine rings is 1. The number of morpholine rings is 1. The van der Waals surface area contributed by atoms with E-state index in [1.807, 2.05) is 23.1 Å². The van der Waals surface area contributed by atoms with Gasteiger partial charge >= 0.3 is 5.97 Å². The van der Waals surface area contributed by atoms with Gasteiger partial charge in [0.2, 0.25) is 0 Å². The number of esters is 1. The summed E-state index contributed by atoms with van der Waals surface area (Å²) in [6, 6.07) is 7.39. The van der Waals surface area contributed by atoms with Crippen molar-refractivity contribution in [2.45, 2.75) is 20.3 Å². The molecule has 1 aromatic carbocycles. The van der Waals surface area contributed by atoms with Gasteiger partial charge in [-0.3, -0.25) is 4.79 Å². The maximum absolute atomic E-state index is 12.6. The average Bonchev–Trinajstić information content (AvgIpc) is 2.65. The predicted molar refractivity (Wildman–Crippen MR) is 99.3 cm³/mol. The highest BCUT2D eigenvalue weighted by Gasteiger charge is 2.26. The smallest absolute Gasteiger partial charge is 0.340 e. The minimum Gasteiger partial charge on any atom is -0.452 e. The van der Waals surface area contributed by atoms with Crippen LogP contribution in [0.2, 0.25) is 0 Å². The minimum absolute atomic E-state index is 0.111. The van der Waals surface area contributed by atoms with Gasteiger partial charge < -0.3 is 19.3 Å². The molecule has 0 spiro atoms. The molecule has 1 aromatic rings. The van der Waals surface area contributed by atoms with Gasteiger partial charge in [-0.1, -0.05) is 26.0 Å². The van der Waals surface area contributed by atoms with E-state index in [1.54, 1.807) is 6.07 Å². The summed E-state index contributed by atoms with van der Waals surface area (Å²) in [6.45, 7) is 8.37. The minimum atomic E-state index is -0.446. The van der Waals surface area contributed by atoms with E-state index < -0.39 is 5.97 Å². The summed E-state index contributed by atoms with van der Waals surface area (Å²) in [5.74, 6) is 0.417. The fourth-order valence-electron chi connectivity index (χ4n) is 3.89. The van der Waals surface area contributed by atoms with Gasteiger partial charge in [0, 0.05) is 26.2 Å². The van der Waals surface area contributed by atoms with Crippen LogP contribution in [-0.2, 0) is 14.3 Å². The zero-order valence-electron chi connectivity index (χ0n) is 15.6. The summed E-state index contributed by atoms with van der Waals surface area (Å²) < 4.78 is 10.7. The molecule has 3 rings (SSSR count). The van der Waals surface area contributed by atoms with Crippen molar-refractivity contribution in [3.8, 4) is 0 Å². The van der Waals surface area contributed by atoms with Crippen LogP contribution >= 0.6 is 0 Å². The molecule has 2 atom stereocenters. The number of hydrogen-bond acceptors (Lipinski definition) is 5. The van der Waals surface area contributed by atoms with Crippen LogP contribution in [0.3, 0.4) is 0 Å². The molecule has 1 amide bonds. The molecule has 0 aliphatic carbocycles. The van der Waals surface area contributed by atoms with Crippen molar-refractivity contribution in [3.05, 3.63) is 29.8 Å². The number of ether oxygens (including phenoxy) is 2. The van der Waals surface area contributed by atoms with E-state index in [4.69, 9.17) is 9.47 Å². The number of nitrogens with zero attached hydrogens (tertiary/aromatic N) is 2. The third-order valence-electron chi connectivity index (χ3n) is 5.02. The Balaban J connectivity index is 1.61. The van der Waals surface area contributed by atoms with Crippen molar-refractivity contribution in [2.75, 3.05) is 50.9 Å². The third kappa shape index (κ3) is 4.55. The van der Waals surface area contributed by atoms with Crippen molar-refractivity contribution in [2.24, 2.45) is 11.8 Å². The molecule has 2 aliphatic heterocycles. The molecule has 2 heterocycles. The Morgan fingerprint density at radius 2 is 1.77 bits per heavy atom. The Hall–Kier alpha value is -2.08. The van der Waals surface area contributed by atoms with Crippen molar-refractivity contribution >= 4 is 17.6 Å². The molecule has 6 nitrogen and oxygen atoms in total. The second-order valence-electron chi connectivity index (χ2n) is 7.44. The lowest BCUT2D eigenvalue weighted by Gasteiger charge is -2.34. The number of hydrogen-bond donors (Lipinski definition) is 0. The summed E-state index contributed by atoms with van der Waals surface area (Å²) in [5, 5.41) is 0. The number of para-hydroxylation sites is 1. The first-order valence-electron chi connectivity index (χ1n) is 9.41. The fraction of sp³-hybridized carbons (Fsp3) is 0.600. The first-order chi connectivity index (χ1) is 12.5. The second-order valence-corrected chi connectivity index (χ2v) is 7.44. The van der Waals surface area contributed by atoms with Crippen LogP contribution in [0.5, 0.6) is 0 Å². The topological polar surface area (TPSA) is 59.1 Å². The summed E-state index contributed by atoms with van der Waals surface area (Å²) in [5.41, 5.74) is 1.34. The van der Waals surface area contributed by atoms with Crippen molar-refractivity contribution < 1.29 is 19.1 Å². The number of benzene rings is 1. The Morgan fingerprint density at radius 3 is 2.46 bits per heavy atom. The summed E-state index contributed by atoms with van der Waals surface area (Å²) in [6.07, 6.45) is 1.14. The number of rotatable bonds is 4. The first-order valence-corrected chi connectivity index (χ1v) is 9.41. The Kier molecular flexibility index (Phi) is 6.14. The van der Waals surface area contributed by atoms with E-state index in [0.29, 0.717) is 30.6 Å². The monoisotopic (exact) mass is 360 g/mol. The highest BCUT2D eigenvalue weighted by atomic mass is 16.5.